The largest absolute Gasteiger partial charge is 1.00 e. The summed E-state index contributed by atoms with van der Waals surface area (Å²) in [5.41, 5.74) is 0. The van der Waals surface area contributed by atoms with E-state index in [1.165, 1.54) is 21.2 Å². The van der Waals surface area contributed by atoms with E-state index in [0.717, 1.165) is 0 Å². The predicted octanol–water partition coefficient (Wildman–Crippen LogP) is 2.46. The third kappa shape index (κ3) is 5.40. The zero-order chi connectivity index (χ0) is 18.3. The van der Waals surface area contributed by atoms with Crippen LogP contribution in [0.5, 0.6) is 0 Å². The predicted molar refractivity (Wildman–Crippen MR) is 122 cm³/mol. The van der Waals surface area contributed by atoms with E-state index in [2.05, 4.69) is 121 Å². The summed E-state index contributed by atoms with van der Waals surface area (Å²) in [7, 11) is -1.57. The molecule has 0 saturated heterocycles. The molecule has 0 aliphatic rings. The van der Waals surface area contributed by atoms with E-state index in [4.69, 9.17) is 4.86 Å². The van der Waals surface area contributed by atoms with Crippen LogP contribution in [0.25, 0.3) is 4.86 Å². The van der Waals surface area contributed by atoms with Crippen molar-refractivity contribution in [1.29, 1.82) is 0 Å². The third-order valence-corrected chi connectivity index (χ3v) is 8.76. The van der Waals surface area contributed by atoms with Gasteiger partial charge in [-0.3, -0.25) is 0 Å². The van der Waals surface area contributed by atoms with Crippen LogP contribution < -0.4 is 50.8 Å². The normalized spacial score (nSPS) is 10.6. The Morgan fingerprint density at radius 3 is 0.786 bits per heavy atom. The molecule has 0 radical (unpaired) electrons. The van der Waals surface area contributed by atoms with Crippen molar-refractivity contribution in [2.45, 2.75) is 0 Å². The summed E-state index contributed by atoms with van der Waals surface area (Å²) >= 11 is 0. The summed E-state index contributed by atoms with van der Waals surface area (Å²) < 4.78 is 0. The number of hydrogen-bond donors (Lipinski definition) is 0. The first-order valence-corrected chi connectivity index (χ1v) is 11.5. The van der Waals surface area contributed by atoms with Crippen molar-refractivity contribution in [2.24, 2.45) is 0 Å². The Hall–Kier alpha value is -1.30. The topological polar surface area (TPSA) is 14.1 Å². The number of hydrogen-bond acceptors (Lipinski definition) is 0. The van der Waals surface area contributed by atoms with Gasteiger partial charge in [0, 0.05) is 0 Å². The molecule has 0 aliphatic carbocycles. The van der Waals surface area contributed by atoms with Crippen molar-refractivity contribution < 1.29 is 29.6 Å². The molecular formula is C24H20NNaP2. The molecule has 0 amide bonds. The molecule has 0 N–H and O–H groups in total. The van der Waals surface area contributed by atoms with E-state index >= 15 is 0 Å². The molecule has 4 heteroatoms. The summed E-state index contributed by atoms with van der Waals surface area (Å²) in [4.78, 5) is 5.49. The summed E-state index contributed by atoms with van der Waals surface area (Å²) in [5.74, 6) is 0. The molecule has 4 aromatic rings. The Bertz CT molecular complexity index is 791. The summed E-state index contributed by atoms with van der Waals surface area (Å²) in [6, 6.07) is 42.7. The number of benzene rings is 4. The van der Waals surface area contributed by atoms with Gasteiger partial charge in [-0.05, 0) is 21.2 Å². The first-order chi connectivity index (χ1) is 13.4. The van der Waals surface area contributed by atoms with Gasteiger partial charge < -0.3 is 4.86 Å². The van der Waals surface area contributed by atoms with Gasteiger partial charge in [-0.2, -0.15) is 16.1 Å². The second-order valence-corrected chi connectivity index (χ2v) is 10.1. The van der Waals surface area contributed by atoms with Crippen LogP contribution in [-0.2, 0) is 0 Å². The maximum atomic E-state index is 5.49. The van der Waals surface area contributed by atoms with Crippen LogP contribution in [0.3, 0.4) is 0 Å². The van der Waals surface area contributed by atoms with Gasteiger partial charge in [0.2, 0.25) is 0 Å². The van der Waals surface area contributed by atoms with Gasteiger partial charge in [0.1, 0.15) is 0 Å². The zero-order valence-electron chi connectivity index (χ0n) is 15.9. The average Bonchev–Trinajstić information content (AvgIpc) is 2.77. The standard InChI is InChI=1S/C24H20NP2.Na/c1-5-13-21(14-6-1)26(22-15-7-2-8-16-22)25-27(23-17-9-3-10-18-23)24-19-11-4-12-20-24;/h1-20H;/q-1;+1. The zero-order valence-corrected chi connectivity index (χ0v) is 19.7. The number of nitrogens with zero attached hydrogens (tertiary/aromatic N) is 1. The van der Waals surface area contributed by atoms with Crippen LogP contribution in [0.2, 0.25) is 0 Å². The average molecular weight is 407 g/mol. The molecule has 0 aromatic heterocycles. The summed E-state index contributed by atoms with van der Waals surface area (Å²) in [5, 5.41) is 5.16. The van der Waals surface area contributed by atoms with Crippen LogP contribution in [0.1, 0.15) is 0 Å². The molecule has 1 nitrogen and oxygen atoms in total. The molecule has 0 unspecified atom stereocenters. The first kappa shape index (κ1) is 21.4. The van der Waals surface area contributed by atoms with Crippen LogP contribution in [0.15, 0.2) is 121 Å². The molecule has 0 fully saturated rings. The van der Waals surface area contributed by atoms with Gasteiger partial charge in [0.15, 0.2) is 0 Å². The van der Waals surface area contributed by atoms with Gasteiger partial charge in [0.05, 0.1) is 0 Å². The second-order valence-electron chi connectivity index (χ2n) is 6.06. The molecule has 4 aromatic carbocycles. The van der Waals surface area contributed by atoms with Gasteiger partial charge in [-0.15, -0.1) is 0 Å². The summed E-state index contributed by atoms with van der Waals surface area (Å²) in [6.07, 6.45) is 0. The minimum atomic E-state index is -0.784. The van der Waals surface area contributed by atoms with Crippen LogP contribution in [0.4, 0.5) is 0 Å². The van der Waals surface area contributed by atoms with Crippen molar-refractivity contribution in [1.82, 2.24) is 0 Å². The first-order valence-electron chi connectivity index (χ1n) is 8.94. The molecule has 0 heterocycles. The fraction of sp³-hybridized carbons (Fsp3) is 0. The van der Waals surface area contributed by atoms with E-state index in [-0.39, 0.29) is 29.6 Å². The maximum Gasteiger partial charge on any atom is 1.00 e. The Kier molecular flexibility index (Phi) is 8.44. The van der Waals surface area contributed by atoms with Crippen molar-refractivity contribution in [3.8, 4) is 0 Å². The molecule has 0 atom stereocenters. The molecule has 0 spiro atoms. The Morgan fingerprint density at radius 2 is 0.571 bits per heavy atom. The van der Waals surface area contributed by atoms with Crippen LogP contribution in [-0.4, -0.2) is 0 Å². The molecule has 0 aliphatic heterocycles. The van der Waals surface area contributed by atoms with E-state index in [1.807, 2.05) is 0 Å². The van der Waals surface area contributed by atoms with Gasteiger partial charge in [0.25, 0.3) is 0 Å². The smallest absolute Gasteiger partial charge is 0.595 e. The maximum absolute atomic E-state index is 5.49. The SMILES string of the molecule is [Na+].c1ccc(P([N-]P(c2ccccc2)c2ccccc2)c2ccccc2)cc1. The van der Waals surface area contributed by atoms with Crippen molar-refractivity contribution >= 4 is 37.4 Å². The Labute approximate surface area is 192 Å². The molecule has 0 bridgehead atoms. The van der Waals surface area contributed by atoms with Gasteiger partial charge in [-0.1, -0.05) is 121 Å². The quantitative estimate of drug-likeness (QED) is 0.345. The minimum absolute atomic E-state index is 0. The van der Waals surface area contributed by atoms with Crippen molar-refractivity contribution in [3.63, 3.8) is 0 Å². The molecular weight excluding hydrogens is 387 g/mol. The van der Waals surface area contributed by atoms with Gasteiger partial charge in [-0.25, -0.2) is 0 Å². The summed E-state index contributed by atoms with van der Waals surface area (Å²) in [6.45, 7) is 0. The minimum Gasteiger partial charge on any atom is -0.595 e. The van der Waals surface area contributed by atoms with Crippen molar-refractivity contribution in [2.75, 3.05) is 0 Å². The molecule has 132 valence electrons. The third-order valence-electron chi connectivity index (χ3n) is 4.18. The van der Waals surface area contributed by atoms with E-state index < -0.39 is 16.1 Å². The van der Waals surface area contributed by atoms with Crippen LogP contribution >= 0.6 is 16.1 Å². The number of rotatable bonds is 6. The fourth-order valence-corrected chi connectivity index (χ4v) is 7.65. The van der Waals surface area contributed by atoms with Gasteiger partial charge >= 0.3 is 29.6 Å². The Balaban J connectivity index is 0.00000225. The monoisotopic (exact) mass is 407 g/mol. The molecule has 0 saturated carbocycles. The fourth-order valence-electron chi connectivity index (χ4n) is 2.87. The Morgan fingerprint density at radius 1 is 0.357 bits per heavy atom. The van der Waals surface area contributed by atoms with E-state index in [1.54, 1.807) is 0 Å². The molecule has 4 rings (SSSR count). The van der Waals surface area contributed by atoms with Crippen molar-refractivity contribution in [3.05, 3.63) is 126 Å². The van der Waals surface area contributed by atoms with E-state index in [0.29, 0.717) is 0 Å². The molecule has 28 heavy (non-hydrogen) atoms. The van der Waals surface area contributed by atoms with Crippen LogP contribution in [0, 0.1) is 0 Å². The van der Waals surface area contributed by atoms with E-state index in [9.17, 15) is 0 Å². The second kappa shape index (κ2) is 11.0.